The van der Waals surface area contributed by atoms with E-state index in [1.54, 1.807) is 5.57 Å². The van der Waals surface area contributed by atoms with Crippen LogP contribution in [0.1, 0.15) is 51.9 Å². The highest BCUT2D eigenvalue weighted by molar-refractivity contribution is 5.29. The van der Waals surface area contributed by atoms with Gasteiger partial charge in [-0.15, -0.1) is 0 Å². The molecule has 0 bridgehead atoms. The predicted octanol–water partition coefficient (Wildman–Crippen LogP) is 4.48. The van der Waals surface area contributed by atoms with Crippen LogP contribution in [0.5, 0.6) is 0 Å². The predicted molar refractivity (Wildman–Crippen MR) is 64.6 cm³/mol. The van der Waals surface area contributed by atoms with Gasteiger partial charge in [-0.1, -0.05) is 50.0 Å². The van der Waals surface area contributed by atoms with Crippen molar-refractivity contribution in [3.05, 3.63) is 23.8 Å². The molecule has 0 saturated heterocycles. The van der Waals surface area contributed by atoms with Crippen LogP contribution >= 0.6 is 0 Å². The molecule has 3 rings (SSSR count). The number of hydrogen-bond acceptors (Lipinski definition) is 0. The first kappa shape index (κ1) is 9.69. The number of fused-ring (bicyclic) bond motifs is 3. The minimum absolute atomic E-state index is 0.540. The van der Waals surface area contributed by atoms with E-state index in [1.807, 2.05) is 0 Å². The number of hydrogen-bond donors (Lipinski definition) is 0. The van der Waals surface area contributed by atoms with Crippen molar-refractivity contribution >= 4 is 0 Å². The Morgan fingerprint density at radius 3 is 3.00 bits per heavy atom. The molecule has 0 amide bonds. The fourth-order valence-corrected chi connectivity index (χ4v) is 4.31. The summed E-state index contributed by atoms with van der Waals surface area (Å²) in [5.41, 5.74) is 2.30. The molecule has 2 fully saturated rings. The summed E-state index contributed by atoms with van der Waals surface area (Å²) in [6, 6.07) is 0. The van der Waals surface area contributed by atoms with Gasteiger partial charge in [-0.3, -0.25) is 0 Å². The van der Waals surface area contributed by atoms with Crippen molar-refractivity contribution in [2.24, 2.45) is 17.3 Å². The quantitative estimate of drug-likeness (QED) is 0.543. The molecule has 3 aliphatic rings. The molecule has 82 valence electrons. The Morgan fingerprint density at radius 2 is 2.07 bits per heavy atom. The average Bonchev–Trinajstić information content (AvgIpc) is 2.29. The first-order valence-electron chi connectivity index (χ1n) is 6.67. The van der Waals surface area contributed by atoms with Crippen molar-refractivity contribution < 1.29 is 0 Å². The molecule has 15 heavy (non-hydrogen) atoms. The molecule has 0 N–H and O–H groups in total. The summed E-state index contributed by atoms with van der Waals surface area (Å²) >= 11 is 0. The molecule has 0 radical (unpaired) electrons. The Kier molecular flexibility index (Phi) is 2.26. The molecule has 0 aromatic heterocycles. The van der Waals surface area contributed by atoms with Crippen molar-refractivity contribution in [1.82, 2.24) is 0 Å². The SMILES string of the molecule is C[C@]12CC=CC=C1CCC1CCCCC12. The highest BCUT2D eigenvalue weighted by Crippen LogP contribution is 2.56. The smallest absolute Gasteiger partial charge is 0.00478 e. The van der Waals surface area contributed by atoms with Gasteiger partial charge in [0.2, 0.25) is 0 Å². The van der Waals surface area contributed by atoms with Crippen LogP contribution in [0.2, 0.25) is 0 Å². The van der Waals surface area contributed by atoms with Crippen molar-refractivity contribution in [1.29, 1.82) is 0 Å². The lowest BCUT2D eigenvalue weighted by Crippen LogP contribution is -2.41. The van der Waals surface area contributed by atoms with Gasteiger partial charge in [-0.05, 0) is 42.9 Å². The van der Waals surface area contributed by atoms with E-state index in [1.165, 1.54) is 44.9 Å². The zero-order valence-electron chi connectivity index (χ0n) is 9.84. The maximum atomic E-state index is 2.53. The molecule has 0 heteroatoms. The van der Waals surface area contributed by atoms with E-state index in [-0.39, 0.29) is 0 Å². The molecule has 0 spiro atoms. The van der Waals surface area contributed by atoms with Crippen LogP contribution in [0.3, 0.4) is 0 Å². The fourth-order valence-electron chi connectivity index (χ4n) is 4.31. The molecule has 0 aliphatic heterocycles. The van der Waals surface area contributed by atoms with Crippen LogP contribution in [0.15, 0.2) is 23.8 Å². The standard InChI is InChI=1S/C15H22/c1-15-11-5-4-7-13(15)10-9-12-6-2-3-8-14(12)15/h4-5,7,12,14H,2-3,6,8-11H2,1H3/t12?,14?,15-/m0/s1. The molecule has 3 aliphatic carbocycles. The molecule has 2 unspecified atom stereocenters. The van der Waals surface area contributed by atoms with E-state index >= 15 is 0 Å². The lowest BCUT2D eigenvalue weighted by Gasteiger charge is -2.51. The second-order valence-electron chi connectivity index (χ2n) is 5.93. The van der Waals surface area contributed by atoms with Crippen molar-refractivity contribution in [2.45, 2.75) is 51.9 Å². The summed E-state index contributed by atoms with van der Waals surface area (Å²) < 4.78 is 0. The second kappa shape index (κ2) is 3.50. The highest BCUT2D eigenvalue weighted by Gasteiger charge is 2.45. The molecule has 0 nitrogen and oxygen atoms in total. The third-order valence-electron chi connectivity index (χ3n) is 5.22. The monoisotopic (exact) mass is 202 g/mol. The Labute approximate surface area is 93.5 Å². The Bertz CT molecular complexity index is 310. The summed E-state index contributed by atoms with van der Waals surface area (Å²) in [5.74, 6) is 2.04. The molecule has 0 aromatic rings. The van der Waals surface area contributed by atoms with E-state index in [0.717, 1.165) is 11.8 Å². The summed E-state index contributed by atoms with van der Waals surface area (Å²) in [6.45, 7) is 2.53. The molecular formula is C15H22. The topological polar surface area (TPSA) is 0 Å². The summed E-state index contributed by atoms with van der Waals surface area (Å²) in [4.78, 5) is 0. The Morgan fingerprint density at radius 1 is 1.20 bits per heavy atom. The zero-order valence-corrected chi connectivity index (χ0v) is 9.84. The number of allylic oxidation sites excluding steroid dienone is 4. The second-order valence-corrected chi connectivity index (χ2v) is 5.93. The van der Waals surface area contributed by atoms with Gasteiger partial charge in [-0.25, -0.2) is 0 Å². The molecule has 2 saturated carbocycles. The third kappa shape index (κ3) is 1.41. The van der Waals surface area contributed by atoms with Crippen LogP contribution in [0, 0.1) is 17.3 Å². The highest BCUT2D eigenvalue weighted by atomic mass is 14.5. The third-order valence-corrected chi connectivity index (χ3v) is 5.22. The zero-order chi connectivity index (χ0) is 10.3. The average molecular weight is 202 g/mol. The summed E-state index contributed by atoms with van der Waals surface area (Å²) in [5, 5.41) is 0. The molecular weight excluding hydrogens is 180 g/mol. The van der Waals surface area contributed by atoms with Gasteiger partial charge in [0, 0.05) is 0 Å². The molecule has 3 atom stereocenters. The van der Waals surface area contributed by atoms with E-state index in [2.05, 4.69) is 25.2 Å². The Balaban J connectivity index is 1.93. The number of rotatable bonds is 0. The first-order valence-corrected chi connectivity index (χ1v) is 6.67. The van der Waals surface area contributed by atoms with Gasteiger partial charge >= 0.3 is 0 Å². The van der Waals surface area contributed by atoms with Crippen LogP contribution in [-0.4, -0.2) is 0 Å². The van der Waals surface area contributed by atoms with Gasteiger partial charge in [0.05, 0.1) is 0 Å². The van der Waals surface area contributed by atoms with Crippen LogP contribution in [-0.2, 0) is 0 Å². The largest absolute Gasteiger partial charge is 0.0837 e. The summed E-state index contributed by atoms with van der Waals surface area (Å²) in [7, 11) is 0. The van der Waals surface area contributed by atoms with Gasteiger partial charge in [0.1, 0.15) is 0 Å². The lowest BCUT2D eigenvalue weighted by molar-refractivity contribution is 0.0719. The minimum Gasteiger partial charge on any atom is -0.0837 e. The van der Waals surface area contributed by atoms with Crippen molar-refractivity contribution in [3.63, 3.8) is 0 Å². The molecule has 0 heterocycles. The van der Waals surface area contributed by atoms with Crippen LogP contribution < -0.4 is 0 Å². The van der Waals surface area contributed by atoms with E-state index in [4.69, 9.17) is 0 Å². The maximum Gasteiger partial charge on any atom is -0.00478 e. The van der Waals surface area contributed by atoms with Crippen molar-refractivity contribution in [3.8, 4) is 0 Å². The van der Waals surface area contributed by atoms with E-state index in [9.17, 15) is 0 Å². The van der Waals surface area contributed by atoms with E-state index < -0.39 is 0 Å². The van der Waals surface area contributed by atoms with Crippen LogP contribution in [0.4, 0.5) is 0 Å². The minimum atomic E-state index is 0.540. The van der Waals surface area contributed by atoms with E-state index in [0.29, 0.717) is 5.41 Å². The van der Waals surface area contributed by atoms with Gasteiger partial charge in [0.15, 0.2) is 0 Å². The van der Waals surface area contributed by atoms with Gasteiger partial charge in [-0.2, -0.15) is 0 Å². The van der Waals surface area contributed by atoms with Crippen molar-refractivity contribution in [2.75, 3.05) is 0 Å². The summed E-state index contributed by atoms with van der Waals surface area (Å²) in [6.07, 6.45) is 17.2. The first-order chi connectivity index (χ1) is 7.31. The maximum absolute atomic E-state index is 2.53. The normalized spacial score (nSPS) is 44.2. The fraction of sp³-hybridized carbons (Fsp3) is 0.733. The van der Waals surface area contributed by atoms with Gasteiger partial charge in [0.25, 0.3) is 0 Å². The van der Waals surface area contributed by atoms with Crippen LogP contribution in [0.25, 0.3) is 0 Å². The van der Waals surface area contributed by atoms with Gasteiger partial charge < -0.3 is 0 Å². The lowest BCUT2D eigenvalue weighted by atomic mass is 9.54. The Hall–Kier alpha value is -0.520. The molecule has 0 aromatic carbocycles.